The van der Waals surface area contributed by atoms with Crippen molar-refractivity contribution < 1.29 is 9.90 Å². The van der Waals surface area contributed by atoms with Gasteiger partial charge in [0.2, 0.25) is 0 Å². The molecular weight excluding hydrogens is 280 g/mol. The van der Waals surface area contributed by atoms with E-state index < -0.39 is 5.97 Å². The van der Waals surface area contributed by atoms with E-state index in [9.17, 15) is 9.90 Å². The summed E-state index contributed by atoms with van der Waals surface area (Å²) in [5.74, 6) is -0.202. The summed E-state index contributed by atoms with van der Waals surface area (Å²) in [6.45, 7) is 5.65. The lowest BCUT2D eigenvalue weighted by atomic mass is 10.1. The number of rotatable bonds is 6. The molecule has 4 nitrogen and oxygen atoms in total. The third kappa shape index (κ3) is 4.18. The Morgan fingerprint density at radius 1 is 1.26 bits per heavy atom. The number of carboxylic acids is 1. The molecule has 0 fully saturated rings. The number of carbonyl (C=O) groups is 1. The average Bonchev–Trinajstić information content (AvgIpc) is 2.43. The molecule has 0 aliphatic heterocycles. The molecule has 0 saturated heterocycles. The van der Waals surface area contributed by atoms with Crippen molar-refractivity contribution >= 4 is 33.6 Å². The predicted molar refractivity (Wildman–Crippen MR) is 84.0 cm³/mol. The van der Waals surface area contributed by atoms with Gasteiger partial charge in [0.1, 0.15) is 5.84 Å². The standard InChI is InChI=1S/C13H18N2O2S2/c1-4-15(5-2)12(14-19-18-3)10-8-6-7-9-11(10)13(16)17/h6-9H,4-5H2,1-3H3,(H,16,17). The SMILES string of the molecule is CCN(CC)C(=NSSC)c1ccccc1C(=O)O. The van der Waals surface area contributed by atoms with Gasteiger partial charge in [-0.1, -0.05) is 29.0 Å². The first-order valence-corrected chi connectivity index (χ1v) is 8.52. The topological polar surface area (TPSA) is 52.9 Å². The normalized spacial score (nSPS) is 11.4. The first kappa shape index (κ1) is 15.9. The number of carboxylic acid groups (broad SMARTS) is 1. The number of nitrogens with zero attached hydrogens (tertiary/aromatic N) is 2. The maximum absolute atomic E-state index is 11.3. The third-order valence-electron chi connectivity index (χ3n) is 2.66. The Bertz CT molecular complexity index is 460. The summed E-state index contributed by atoms with van der Waals surface area (Å²) in [6, 6.07) is 6.99. The van der Waals surface area contributed by atoms with E-state index in [1.807, 2.05) is 32.2 Å². The quantitative estimate of drug-likeness (QED) is 0.377. The van der Waals surface area contributed by atoms with Crippen LogP contribution in [0, 0.1) is 0 Å². The molecule has 0 heterocycles. The Hall–Kier alpha value is -1.14. The van der Waals surface area contributed by atoms with Crippen molar-refractivity contribution in [1.82, 2.24) is 4.90 Å². The van der Waals surface area contributed by atoms with Crippen LogP contribution in [0.5, 0.6) is 0 Å². The van der Waals surface area contributed by atoms with Crippen LogP contribution in [0.4, 0.5) is 0 Å². The van der Waals surface area contributed by atoms with Crippen LogP contribution in [0.3, 0.4) is 0 Å². The van der Waals surface area contributed by atoms with Crippen molar-refractivity contribution in [2.75, 3.05) is 19.3 Å². The molecule has 19 heavy (non-hydrogen) atoms. The largest absolute Gasteiger partial charge is 0.478 e. The van der Waals surface area contributed by atoms with E-state index in [4.69, 9.17) is 0 Å². The summed E-state index contributed by atoms with van der Waals surface area (Å²) in [5, 5.41) is 9.28. The van der Waals surface area contributed by atoms with Gasteiger partial charge in [-0.15, -0.1) is 0 Å². The lowest BCUT2D eigenvalue weighted by Crippen LogP contribution is -2.32. The second-order valence-electron chi connectivity index (χ2n) is 3.68. The predicted octanol–water partition coefficient (Wildman–Crippen LogP) is 3.40. The maximum atomic E-state index is 11.3. The van der Waals surface area contributed by atoms with Gasteiger partial charge in [-0.25, -0.2) is 4.79 Å². The fraction of sp³-hybridized carbons (Fsp3) is 0.385. The molecule has 1 N–H and O–H groups in total. The van der Waals surface area contributed by atoms with E-state index in [1.165, 1.54) is 21.8 Å². The van der Waals surface area contributed by atoms with Gasteiger partial charge in [0.25, 0.3) is 0 Å². The maximum Gasteiger partial charge on any atom is 0.336 e. The second kappa shape index (κ2) is 8.12. The van der Waals surface area contributed by atoms with Gasteiger partial charge in [0.15, 0.2) is 0 Å². The first-order chi connectivity index (χ1) is 9.15. The van der Waals surface area contributed by atoms with Crippen molar-refractivity contribution in [3.63, 3.8) is 0 Å². The Morgan fingerprint density at radius 3 is 2.32 bits per heavy atom. The summed E-state index contributed by atoms with van der Waals surface area (Å²) in [6.07, 6.45) is 1.94. The van der Waals surface area contributed by atoms with E-state index >= 15 is 0 Å². The minimum Gasteiger partial charge on any atom is -0.478 e. The summed E-state index contributed by atoms with van der Waals surface area (Å²) >= 11 is 0. The van der Waals surface area contributed by atoms with Gasteiger partial charge in [0.05, 0.1) is 5.56 Å². The van der Waals surface area contributed by atoms with Crippen LogP contribution in [0.15, 0.2) is 28.7 Å². The number of benzene rings is 1. The number of hydrogen-bond donors (Lipinski definition) is 1. The minimum atomic E-state index is -0.926. The Kier molecular flexibility index (Phi) is 6.80. The molecule has 0 atom stereocenters. The van der Waals surface area contributed by atoms with Gasteiger partial charge >= 0.3 is 5.97 Å². The lowest BCUT2D eigenvalue weighted by molar-refractivity contribution is 0.0696. The minimum absolute atomic E-state index is 0.287. The molecule has 1 aromatic rings. The Morgan fingerprint density at radius 2 is 1.84 bits per heavy atom. The summed E-state index contributed by atoms with van der Waals surface area (Å²) in [5.41, 5.74) is 0.954. The average molecular weight is 298 g/mol. The second-order valence-corrected chi connectivity index (χ2v) is 5.79. The molecule has 6 heteroatoms. The van der Waals surface area contributed by atoms with Crippen molar-refractivity contribution in [3.8, 4) is 0 Å². The highest BCUT2D eigenvalue weighted by Gasteiger charge is 2.18. The zero-order chi connectivity index (χ0) is 14.3. The number of hydrogen-bond acceptors (Lipinski definition) is 4. The van der Waals surface area contributed by atoms with E-state index in [2.05, 4.69) is 9.30 Å². The summed E-state index contributed by atoms with van der Waals surface area (Å²) in [7, 11) is 2.89. The van der Waals surface area contributed by atoms with Gasteiger partial charge in [-0.2, -0.15) is 4.40 Å². The highest BCUT2D eigenvalue weighted by atomic mass is 33.1. The van der Waals surface area contributed by atoms with Crippen LogP contribution in [-0.4, -0.2) is 41.2 Å². The van der Waals surface area contributed by atoms with Crippen LogP contribution >= 0.6 is 21.8 Å². The Balaban J connectivity index is 3.28. The van der Waals surface area contributed by atoms with Crippen LogP contribution < -0.4 is 0 Å². The molecule has 0 aromatic heterocycles. The van der Waals surface area contributed by atoms with E-state index in [0.29, 0.717) is 5.56 Å². The molecule has 0 radical (unpaired) electrons. The van der Waals surface area contributed by atoms with Gasteiger partial charge < -0.3 is 10.0 Å². The van der Waals surface area contributed by atoms with Gasteiger partial charge in [-0.3, -0.25) is 0 Å². The zero-order valence-corrected chi connectivity index (χ0v) is 12.9. The van der Waals surface area contributed by atoms with E-state index in [0.717, 1.165) is 18.9 Å². The molecule has 0 spiro atoms. The Labute approximate surface area is 121 Å². The molecular formula is C13H18N2O2S2. The van der Waals surface area contributed by atoms with Crippen molar-refractivity contribution in [2.24, 2.45) is 4.40 Å². The molecule has 0 saturated carbocycles. The monoisotopic (exact) mass is 298 g/mol. The fourth-order valence-electron chi connectivity index (χ4n) is 1.74. The summed E-state index contributed by atoms with van der Waals surface area (Å²) in [4.78, 5) is 13.4. The van der Waals surface area contributed by atoms with Gasteiger partial charge in [0, 0.05) is 29.6 Å². The molecule has 0 bridgehead atoms. The van der Waals surface area contributed by atoms with Crippen LogP contribution in [-0.2, 0) is 0 Å². The summed E-state index contributed by atoms with van der Waals surface area (Å²) < 4.78 is 4.46. The fourth-order valence-corrected chi connectivity index (χ4v) is 2.53. The van der Waals surface area contributed by atoms with E-state index in [-0.39, 0.29) is 5.56 Å². The molecule has 104 valence electrons. The molecule has 0 aliphatic carbocycles. The first-order valence-electron chi connectivity index (χ1n) is 6.01. The number of amidine groups is 1. The van der Waals surface area contributed by atoms with Crippen LogP contribution in [0.1, 0.15) is 29.8 Å². The lowest BCUT2D eigenvalue weighted by Gasteiger charge is -2.23. The van der Waals surface area contributed by atoms with E-state index in [1.54, 1.807) is 12.1 Å². The van der Waals surface area contributed by atoms with Crippen molar-refractivity contribution in [2.45, 2.75) is 13.8 Å². The molecule has 0 amide bonds. The zero-order valence-electron chi connectivity index (χ0n) is 11.3. The highest BCUT2D eigenvalue weighted by molar-refractivity contribution is 8.76. The highest BCUT2D eigenvalue weighted by Crippen LogP contribution is 2.22. The number of aromatic carboxylic acids is 1. The van der Waals surface area contributed by atoms with Crippen molar-refractivity contribution in [1.29, 1.82) is 0 Å². The molecule has 1 rings (SSSR count). The smallest absolute Gasteiger partial charge is 0.336 e. The third-order valence-corrected chi connectivity index (χ3v) is 3.73. The van der Waals surface area contributed by atoms with Gasteiger partial charge in [-0.05, 0) is 26.2 Å². The molecule has 0 aliphatic rings. The molecule has 0 unspecified atom stereocenters. The van der Waals surface area contributed by atoms with Crippen LogP contribution in [0.25, 0.3) is 0 Å². The van der Waals surface area contributed by atoms with Crippen molar-refractivity contribution in [3.05, 3.63) is 35.4 Å². The molecule has 1 aromatic carbocycles. The van der Waals surface area contributed by atoms with Crippen LogP contribution in [0.2, 0.25) is 0 Å².